The van der Waals surface area contributed by atoms with Crippen molar-refractivity contribution in [3.63, 3.8) is 0 Å². The summed E-state index contributed by atoms with van der Waals surface area (Å²) in [7, 11) is 0. The van der Waals surface area contributed by atoms with Gasteiger partial charge in [0, 0.05) is 18.8 Å². The van der Waals surface area contributed by atoms with E-state index in [0.717, 1.165) is 24.1 Å². The molecule has 0 fully saturated rings. The van der Waals surface area contributed by atoms with Gasteiger partial charge in [-0.15, -0.1) is 0 Å². The number of imidazole rings is 1. The third-order valence-corrected chi connectivity index (χ3v) is 3.20. The van der Waals surface area contributed by atoms with Crippen LogP contribution in [0, 0.1) is 12.8 Å². The Kier molecular flexibility index (Phi) is 6.23. The lowest BCUT2D eigenvalue weighted by atomic mass is 10.0. The van der Waals surface area contributed by atoms with Crippen LogP contribution in [0.25, 0.3) is 0 Å². The molecule has 1 N–H and O–H groups in total. The van der Waals surface area contributed by atoms with Crippen LogP contribution < -0.4 is 5.32 Å². The average Bonchev–Trinajstić information content (AvgIpc) is 2.64. The van der Waals surface area contributed by atoms with Gasteiger partial charge in [0.2, 0.25) is 5.95 Å². The van der Waals surface area contributed by atoms with E-state index in [4.69, 9.17) is 0 Å². The quantitative estimate of drug-likeness (QED) is 0.749. The molecule has 104 valence electrons. The normalized spacial score (nSPS) is 13.0. The Morgan fingerprint density at radius 1 is 1.28 bits per heavy atom. The standard InChI is InChI=1S/C15H29N3/c1-6-7-10-18-11-14(5)17-15(18)16-13(4)9-8-12(2)3/h11-13H,6-10H2,1-5H3,(H,16,17). The molecule has 0 aromatic carbocycles. The van der Waals surface area contributed by atoms with Crippen molar-refractivity contribution >= 4 is 5.95 Å². The van der Waals surface area contributed by atoms with Gasteiger partial charge in [-0.2, -0.15) is 0 Å². The summed E-state index contributed by atoms with van der Waals surface area (Å²) in [6.07, 6.45) is 7.05. The fraction of sp³-hybridized carbons (Fsp3) is 0.800. The third kappa shape index (κ3) is 5.11. The first kappa shape index (κ1) is 15.1. The van der Waals surface area contributed by atoms with Gasteiger partial charge in [0.1, 0.15) is 0 Å². The van der Waals surface area contributed by atoms with Crippen LogP contribution in [-0.4, -0.2) is 15.6 Å². The number of nitrogens with one attached hydrogen (secondary N) is 1. The predicted molar refractivity (Wildman–Crippen MR) is 79.0 cm³/mol. The van der Waals surface area contributed by atoms with Gasteiger partial charge < -0.3 is 9.88 Å². The molecule has 0 aliphatic carbocycles. The Hall–Kier alpha value is -0.990. The monoisotopic (exact) mass is 251 g/mol. The molecule has 0 spiro atoms. The van der Waals surface area contributed by atoms with Crippen molar-refractivity contribution in [3.05, 3.63) is 11.9 Å². The summed E-state index contributed by atoms with van der Waals surface area (Å²) in [5, 5.41) is 3.55. The van der Waals surface area contributed by atoms with Crippen molar-refractivity contribution in [3.8, 4) is 0 Å². The van der Waals surface area contributed by atoms with Gasteiger partial charge in [0.15, 0.2) is 0 Å². The number of aryl methyl sites for hydroxylation is 2. The van der Waals surface area contributed by atoms with Gasteiger partial charge in [0.25, 0.3) is 0 Å². The van der Waals surface area contributed by atoms with Crippen LogP contribution in [0.2, 0.25) is 0 Å². The van der Waals surface area contributed by atoms with Crippen molar-refractivity contribution in [2.45, 2.75) is 72.9 Å². The average molecular weight is 251 g/mol. The van der Waals surface area contributed by atoms with Gasteiger partial charge in [-0.1, -0.05) is 27.2 Å². The molecule has 1 rings (SSSR count). The lowest BCUT2D eigenvalue weighted by Gasteiger charge is -2.16. The number of rotatable bonds is 8. The minimum atomic E-state index is 0.495. The molecule has 0 radical (unpaired) electrons. The summed E-state index contributed by atoms with van der Waals surface area (Å²) in [6, 6.07) is 0.495. The number of hydrogen-bond donors (Lipinski definition) is 1. The molecular formula is C15H29N3. The number of hydrogen-bond acceptors (Lipinski definition) is 2. The first-order valence-corrected chi connectivity index (χ1v) is 7.33. The maximum atomic E-state index is 4.58. The molecule has 3 nitrogen and oxygen atoms in total. The first-order valence-electron chi connectivity index (χ1n) is 7.33. The maximum Gasteiger partial charge on any atom is 0.203 e. The molecule has 1 aromatic rings. The fourth-order valence-electron chi connectivity index (χ4n) is 2.04. The second-order valence-corrected chi connectivity index (χ2v) is 5.77. The summed E-state index contributed by atoms with van der Waals surface area (Å²) >= 11 is 0. The van der Waals surface area contributed by atoms with Crippen LogP contribution in [0.5, 0.6) is 0 Å². The number of nitrogens with zero attached hydrogens (tertiary/aromatic N) is 2. The van der Waals surface area contributed by atoms with E-state index in [2.05, 4.69) is 55.7 Å². The number of aromatic nitrogens is 2. The fourth-order valence-corrected chi connectivity index (χ4v) is 2.04. The van der Waals surface area contributed by atoms with E-state index in [1.165, 1.54) is 25.7 Å². The Bertz CT molecular complexity index is 342. The van der Waals surface area contributed by atoms with Crippen molar-refractivity contribution in [1.29, 1.82) is 0 Å². The third-order valence-electron chi connectivity index (χ3n) is 3.20. The Balaban J connectivity index is 2.54. The maximum absolute atomic E-state index is 4.58. The van der Waals surface area contributed by atoms with Crippen LogP contribution in [0.4, 0.5) is 5.95 Å². The van der Waals surface area contributed by atoms with Crippen LogP contribution in [0.15, 0.2) is 6.20 Å². The Morgan fingerprint density at radius 2 is 2.00 bits per heavy atom. The van der Waals surface area contributed by atoms with E-state index in [0.29, 0.717) is 6.04 Å². The van der Waals surface area contributed by atoms with E-state index in [1.54, 1.807) is 0 Å². The Labute approximate surface area is 112 Å². The SMILES string of the molecule is CCCCn1cc(C)nc1NC(C)CCC(C)C. The highest BCUT2D eigenvalue weighted by atomic mass is 15.2. The van der Waals surface area contributed by atoms with Gasteiger partial charge in [-0.3, -0.25) is 0 Å². The molecule has 1 heterocycles. The van der Waals surface area contributed by atoms with Crippen molar-refractivity contribution in [2.24, 2.45) is 5.92 Å². The molecule has 1 aromatic heterocycles. The molecule has 3 heteroatoms. The van der Waals surface area contributed by atoms with E-state index in [-0.39, 0.29) is 0 Å². The van der Waals surface area contributed by atoms with E-state index >= 15 is 0 Å². The zero-order valence-corrected chi connectivity index (χ0v) is 12.7. The zero-order chi connectivity index (χ0) is 13.5. The highest BCUT2D eigenvalue weighted by molar-refractivity contribution is 5.29. The second kappa shape index (κ2) is 7.45. The Morgan fingerprint density at radius 3 is 2.61 bits per heavy atom. The summed E-state index contributed by atoms with van der Waals surface area (Å²) in [5.74, 6) is 1.81. The summed E-state index contributed by atoms with van der Waals surface area (Å²) in [5.41, 5.74) is 1.10. The smallest absolute Gasteiger partial charge is 0.203 e. The molecule has 0 aliphatic heterocycles. The molecule has 18 heavy (non-hydrogen) atoms. The molecule has 0 amide bonds. The van der Waals surface area contributed by atoms with E-state index < -0.39 is 0 Å². The van der Waals surface area contributed by atoms with Gasteiger partial charge in [0.05, 0.1) is 5.69 Å². The summed E-state index contributed by atoms with van der Waals surface area (Å²) in [4.78, 5) is 4.58. The minimum Gasteiger partial charge on any atom is -0.353 e. The van der Waals surface area contributed by atoms with E-state index in [9.17, 15) is 0 Å². The van der Waals surface area contributed by atoms with Crippen molar-refractivity contribution in [1.82, 2.24) is 9.55 Å². The van der Waals surface area contributed by atoms with Gasteiger partial charge in [-0.05, 0) is 39.0 Å². The van der Waals surface area contributed by atoms with Crippen LogP contribution in [-0.2, 0) is 6.54 Å². The first-order chi connectivity index (χ1) is 8.52. The van der Waals surface area contributed by atoms with Crippen molar-refractivity contribution < 1.29 is 0 Å². The summed E-state index contributed by atoms with van der Waals surface area (Å²) in [6.45, 7) is 12.2. The zero-order valence-electron chi connectivity index (χ0n) is 12.7. The topological polar surface area (TPSA) is 29.9 Å². The molecule has 1 unspecified atom stereocenters. The number of unbranched alkanes of at least 4 members (excludes halogenated alkanes) is 1. The molecule has 0 saturated carbocycles. The highest BCUT2D eigenvalue weighted by Crippen LogP contribution is 2.14. The minimum absolute atomic E-state index is 0.495. The van der Waals surface area contributed by atoms with Crippen molar-refractivity contribution in [2.75, 3.05) is 5.32 Å². The van der Waals surface area contributed by atoms with Crippen LogP contribution in [0.1, 0.15) is 59.1 Å². The van der Waals surface area contributed by atoms with Gasteiger partial charge >= 0.3 is 0 Å². The van der Waals surface area contributed by atoms with Crippen LogP contribution in [0.3, 0.4) is 0 Å². The van der Waals surface area contributed by atoms with Gasteiger partial charge in [-0.25, -0.2) is 4.98 Å². The second-order valence-electron chi connectivity index (χ2n) is 5.77. The largest absolute Gasteiger partial charge is 0.353 e. The summed E-state index contributed by atoms with van der Waals surface area (Å²) < 4.78 is 2.25. The van der Waals surface area contributed by atoms with Crippen LogP contribution >= 0.6 is 0 Å². The number of anilines is 1. The van der Waals surface area contributed by atoms with E-state index in [1.807, 2.05) is 0 Å². The molecular weight excluding hydrogens is 222 g/mol. The highest BCUT2D eigenvalue weighted by Gasteiger charge is 2.09. The molecule has 1 atom stereocenters. The molecule has 0 aliphatic rings. The lowest BCUT2D eigenvalue weighted by Crippen LogP contribution is -2.19. The predicted octanol–water partition coefficient (Wildman–Crippen LogP) is 4.23. The lowest BCUT2D eigenvalue weighted by molar-refractivity contribution is 0.523. The molecule has 0 bridgehead atoms. The molecule has 0 saturated heterocycles.